The summed E-state index contributed by atoms with van der Waals surface area (Å²) in [5.41, 5.74) is 0.274. The first kappa shape index (κ1) is 14.8. The van der Waals surface area contributed by atoms with Gasteiger partial charge in [-0.2, -0.15) is 0 Å². The Kier molecular flexibility index (Phi) is 4.37. The summed E-state index contributed by atoms with van der Waals surface area (Å²) < 4.78 is 7.00. The molecule has 21 heavy (non-hydrogen) atoms. The Hall–Kier alpha value is -2.63. The average Bonchev–Trinajstić information content (AvgIpc) is 2.40. The molecule has 0 fully saturated rings. The molecule has 0 saturated carbocycles. The molecule has 6 nitrogen and oxygen atoms in total. The first-order chi connectivity index (χ1) is 9.97. The Morgan fingerprint density at radius 3 is 2.86 bits per heavy atom. The minimum Gasteiger partial charge on any atom is -0.481 e. The van der Waals surface area contributed by atoms with E-state index in [0.717, 1.165) is 0 Å². The SMILES string of the molecule is CC(C)n1ccnc(Oc2cccc(CC(=O)O)c2)c1=O. The van der Waals surface area contributed by atoms with Gasteiger partial charge in [0.2, 0.25) is 0 Å². The highest BCUT2D eigenvalue weighted by molar-refractivity contribution is 5.70. The number of hydrogen-bond acceptors (Lipinski definition) is 4. The fourth-order valence-corrected chi connectivity index (χ4v) is 1.89. The van der Waals surface area contributed by atoms with Crippen LogP contribution in [-0.2, 0) is 11.2 Å². The first-order valence-electron chi connectivity index (χ1n) is 6.53. The van der Waals surface area contributed by atoms with E-state index < -0.39 is 5.97 Å². The van der Waals surface area contributed by atoms with Gasteiger partial charge in [-0.05, 0) is 31.5 Å². The van der Waals surface area contributed by atoms with Gasteiger partial charge in [0.1, 0.15) is 5.75 Å². The quantitative estimate of drug-likeness (QED) is 0.912. The van der Waals surface area contributed by atoms with Crippen molar-refractivity contribution in [2.75, 3.05) is 0 Å². The van der Waals surface area contributed by atoms with Crippen LogP contribution in [0.25, 0.3) is 0 Å². The van der Waals surface area contributed by atoms with Crippen LogP contribution in [0.2, 0.25) is 0 Å². The van der Waals surface area contributed by atoms with Crippen molar-refractivity contribution in [3.05, 3.63) is 52.6 Å². The molecule has 1 heterocycles. The molecule has 1 N–H and O–H groups in total. The van der Waals surface area contributed by atoms with E-state index in [9.17, 15) is 9.59 Å². The van der Waals surface area contributed by atoms with Crippen LogP contribution in [0.3, 0.4) is 0 Å². The van der Waals surface area contributed by atoms with Gasteiger partial charge in [0.05, 0.1) is 6.42 Å². The van der Waals surface area contributed by atoms with E-state index in [2.05, 4.69) is 4.98 Å². The lowest BCUT2D eigenvalue weighted by Gasteiger charge is -2.11. The molecule has 0 radical (unpaired) electrons. The summed E-state index contributed by atoms with van der Waals surface area (Å²) in [4.78, 5) is 26.8. The number of ether oxygens (including phenoxy) is 1. The second kappa shape index (κ2) is 6.21. The smallest absolute Gasteiger partial charge is 0.313 e. The van der Waals surface area contributed by atoms with Crippen molar-refractivity contribution in [2.24, 2.45) is 0 Å². The van der Waals surface area contributed by atoms with Crippen LogP contribution >= 0.6 is 0 Å². The van der Waals surface area contributed by atoms with E-state index in [1.165, 1.54) is 10.8 Å². The van der Waals surface area contributed by atoms with Gasteiger partial charge < -0.3 is 14.4 Å². The topological polar surface area (TPSA) is 81.4 Å². The van der Waals surface area contributed by atoms with Gasteiger partial charge in [-0.15, -0.1) is 0 Å². The minimum absolute atomic E-state index is 0.00111. The lowest BCUT2D eigenvalue weighted by molar-refractivity contribution is -0.136. The van der Waals surface area contributed by atoms with Gasteiger partial charge in [0, 0.05) is 18.4 Å². The van der Waals surface area contributed by atoms with Gasteiger partial charge in [0.15, 0.2) is 0 Å². The summed E-state index contributed by atoms with van der Waals surface area (Å²) in [7, 11) is 0. The molecular formula is C15H16N2O4. The van der Waals surface area contributed by atoms with E-state index in [-0.39, 0.29) is 23.9 Å². The fraction of sp³-hybridized carbons (Fsp3) is 0.267. The third-order valence-corrected chi connectivity index (χ3v) is 2.86. The molecule has 1 aromatic carbocycles. The van der Waals surface area contributed by atoms with Crippen LogP contribution in [-0.4, -0.2) is 20.6 Å². The zero-order chi connectivity index (χ0) is 15.4. The van der Waals surface area contributed by atoms with Gasteiger partial charge in [-0.25, -0.2) is 4.98 Å². The van der Waals surface area contributed by atoms with Crippen molar-refractivity contribution in [3.8, 4) is 11.6 Å². The van der Waals surface area contributed by atoms with Crippen LogP contribution in [0.15, 0.2) is 41.5 Å². The maximum Gasteiger partial charge on any atom is 0.313 e. The molecule has 0 aliphatic heterocycles. The minimum atomic E-state index is -0.924. The molecule has 2 aromatic rings. The Bertz CT molecular complexity index is 707. The highest BCUT2D eigenvalue weighted by atomic mass is 16.5. The number of carbonyl (C=O) groups is 1. The Labute approximate surface area is 121 Å². The molecule has 110 valence electrons. The summed E-state index contributed by atoms with van der Waals surface area (Å²) >= 11 is 0. The summed E-state index contributed by atoms with van der Waals surface area (Å²) in [6.45, 7) is 3.78. The number of carboxylic acid groups (broad SMARTS) is 1. The molecule has 6 heteroatoms. The van der Waals surface area contributed by atoms with Crippen LogP contribution in [0.1, 0.15) is 25.5 Å². The number of benzene rings is 1. The summed E-state index contributed by atoms with van der Waals surface area (Å²) in [6, 6.07) is 6.60. The normalized spacial score (nSPS) is 10.6. The highest BCUT2D eigenvalue weighted by Gasteiger charge is 2.10. The van der Waals surface area contributed by atoms with Crippen LogP contribution in [0.5, 0.6) is 11.6 Å². The van der Waals surface area contributed by atoms with Crippen molar-refractivity contribution in [1.82, 2.24) is 9.55 Å². The summed E-state index contributed by atoms with van der Waals surface area (Å²) in [6.07, 6.45) is 2.99. The van der Waals surface area contributed by atoms with E-state index in [0.29, 0.717) is 11.3 Å². The van der Waals surface area contributed by atoms with Crippen molar-refractivity contribution in [3.63, 3.8) is 0 Å². The zero-order valence-corrected chi connectivity index (χ0v) is 11.8. The van der Waals surface area contributed by atoms with Crippen LogP contribution < -0.4 is 10.3 Å². The van der Waals surface area contributed by atoms with Crippen molar-refractivity contribution >= 4 is 5.97 Å². The Morgan fingerprint density at radius 1 is 1.43 bits per heavy atom. The molecule has 0 bridgehead atoms. The summed E-state index contributed by atoms with van der Waals surface area (Å²) in [5.74, 6) is -0.564. The molecule has 0 saturated heterocycles. The lowest BCUT2D eigenvalue weighted by Crippen LogP contribution is -2.23. The number of rotatable bonds is 5. The van der Waals surface area contributed by atoms with Crippen molar-refractivity contribution < 1.29 is 14.6 Å². The molecule has 0 amide bonds. The highest BCUT2D eigenvalue weighted by Crippen LogP contribution is 2.18. The molecule has 0 unspecified atom stereocenters. The maximum absolute atomic E-state index is 12.2. The van der Waals surface area contributed by atoms with Crippen molar-refractivity contribution in [1.29, 1.82) is 0 Å². The molecule has 0 atom stereocenters. The van der Waals surface area contributed by atoms with Crippen LogP contribution in [0.4, 0.5) is 0 Å². The van der Waals surface area contributed by atoms with E-state index in [1.54, 1.807) is 30.5 Å². The number of hydrogen-bond donors (Lipinski definition) is 1. The lowest BCUT2D eigenvalue weighted by atomic mass is 10.1. The van der Waals surface area contributed by atoms with Gasteiger partial charge >= 0.3 is 11.5 Å². The average molecular weight is 288 g/mol. The maximum atomic E-state index is 12.2. The molecular weight excluding hydrogens is 272 g/mol. The van der Waals surface area contributed by atoms with Gasteiger partial charge in [-0.3, -0.25) is 9.59 Å². The number of aliphatic carboxylic acids is 1. The van der Waals surface area contributed by atoms with E-state index in [4.69, 9.17) is 9.84 Å². The third-order valence-electron chi connectivity index (χ3n) is 2.86. The number of nitrogens with zero attached hydrogens (tertiary/aromatic N) is 2. The van der Waals surface area contributed by atoms with Gasteiger partial charge in [0.25, 0.3) is 5.88 Å². The molecule has 2 rings (SSSR count). The molecule has 1 aromatic heterocycles. The third kappa shape index (κ3) is 3.68. The Morgan fingerprint density at radius 2 is 2.19 bits per heavy atom. The van der Waals surface area contributed by atoms with E-state index >= 15 is 0 Å². The zero-order valence-electron chi connectivity index (χ0n) is 11.8. The molecule has 0 spiro atoms. The number of carboxylic acids is 1. The number of aromatic nitrogens is 2. The predicted molar refractivity (Wildman–Crippen MR) is 76.7 cm³/mol. The molecule has 0 aliphatic carbocycles. The van der Waals surface area contributed by atoms with Gasteiger partial charge in [-0.1, -0.05) is 12.1 Å². The fourth-order valence-electron chi connectivity index (χ4n) is 1.89. The summed E-state index contributed by atoms with van der Waals surface area (Å²) in [5, 5.41) is 8.78. The Balaban J connectivity index is 2.28. The first-order valence-corrected chi connectivity index (χ1v) is 6.53. The van der Waals surface area contributed by atoms with Crippen LogP contribution in [0, 0.1) is 0 Å². The molecule has 0 aliphatic rings. The van der Waals surface area contributed by atoms with E-state index in [1.807, 2.05) is 13.8 Å². The largest absolute Gasteiger partial charge is 0.481 e. The van der Waals surface area contributed by atoms with Crippen molar-refractivity contribution in [2.45, 2.75) is 26.3 Å². The second-order valence-corrected chi connectivity index (χ2v) is 4.86. The monoisotopic (exact) mass is 288 g/mol. The second-order valence-electron chi connectivity index (χ2n) is 4.86. The predicted octanol–water partition coefficient (Wildman–Crippen LogP) is 2.24. The standard InChI is InChI=1S/C15H16N2O4/c1-10(2)17-7-6-16-14(15(17)20)21-12-5-3-4-11(8-12)9-13(18)19/h3-8,10H,9H2,1-2H3,(H,18,19).